The highest BCUT2D eigenvalue weighted by molar-refractivity contribution is 7.08. The molecule has 1 amide bonds. The lowest BCUT2D eigenvalue weighted by Crippen LogP contribution is -2.40. The number of likely N-dealkylation sites (tertiary alicyclic amines) is 1. The third kappa shape index (κ3) is 3.00. The molecule has 0 radical (unpaired) electrons. The zero-order valence-corrected chi connectivity index (χ0v) is 11.9. The van der Waals surface area contributed by atoms with Crippen molar-refractivity contribution in [3.8, 4) is 0 Å². The fourth-order valence-corrected chi connectivity index (χ4v) is 3.11. The molecule has 2 rings (SSSR count). The quantitative estimate of drug-likeness (QED) is 0.917. The second-order valence-corrected chi connectivity index (χ2v) is 5.06. The molecule has 1 aromatic heterocycles. The van der Waals surface area contributed by atoms with Crippen LogP contribution >= 0.6 is 23.7 Å². The second kappa shape index (κ2) is 6.38. The number of hydrogen-bond donors (Lipinski definition) is 1. The number of carbonyl (C=O) groups is 1. The normalized spacial score (nSPS) is 19.2. The number of rotatable bonds is 3. The molecule has 0 bridgehead atoms. The van der Waals surface area contributed by atoms with Gasteiger partial charge in [-0.2, -0.15) is 11.3 Å². The van der Waals surface area contributed by atoms with E-state index in [9.17, 15) is 4.79 Å². The average molecular weight is 275 g/mol. The van der Waals surface area contributed by atoms with Crippen molar-refractivity contribution in [1.29, 1.82) is 0 Å². The van der Waals surface area contributed by atoms with E-state index in [1.54, 1.807) is 11.3 Å². The Kier molecular flexibility index (Phi) is 5.43. The molecule has 17 heavy (non-hydrogen) atoms. The fraction of sp³-hybridized carbons (Fsp3) is 0.583. The minimum atomic E-state index is 0. The van der Waals surface area contributed by atoms with Crippen LogP contribution in [0, 0.1) is 6.92 Å². The van der Waals surface area contributed by atoms with E-state index in [4.69, 9.17) is 0 Å². The summed E-state index contributed by atoms with van der Waals surface area (Å²) in [5.74, 6) is 0.205. The first-order valence-electron chi connectivity index (χ1n) is 5.72. The number of hydrogen-bond acceptors (Lipinski definition) is 3. The number of nitrogens with zero attached hydrogens (tertiary/aromatic N) is 1. The Morgan fingerprint density at radius 2 is 2.35 bits per heavy atom. The lowest BCUT2D eigenvalue weighted by atomic mass is 10.1. The molecule has 1 unspecified atom stereocenters. The van der Waals surface area contributed by atoms with Crippen LogP contribution in [-0.4, -0.2) is 37.0 Å². The van der Waals surface area contributed by atoms with Crippen LogP contribution in [0.5, 0.6) is 0 Å². The van der Waals surface area contributed by atoms with E-state index in [1.165, 1.54) is 0 Å². The van der Waals surface area contributed by atoms with E-state index >= 15 is 0 Å². The first-order chi connectivity index (χ1) is 7.74. The van der Waals surface area contributed by atoms with Gasteiger partial charge in [-0.3, -0.25) is 4.79 Å². The molecular formula is C12H19ClN2OS. The van der Waals surface area contributed by atoms with Crippen molar-refractivity contribution < 1.29 is 4.79 Å². The molecule has 0 spiro atoms. The predicted molar refractivity (Wildman–Crippen MR) is 74.3 cm³/mol. The molecule has 0 aliphatic carbocycles. The summed E-state index contributed by atoms with van der Waals surface area (Å²) in [7, 11) is 1.94. The van der Waals surface area contributed by atoms with Gasteiger partial charge in [0.2, 0.25) is 0 Å². The Hall–Kier alpha value is -0.580. The summed E-state index contributed by atoms with van der Waals surface area (Å²) in [6.07, 6.45) is 2.25. The molecule has 0 aromatic carbocycles. The SMILES string of the molecule is CNCC1CCCN1C(=O)c1cscc1C.Cl. The maximum atomic E-state index is 12.3. The van der Waals surface area contributed by atoms with Crippen molar-refractivity contribution in [3.63, 3.8) is 0 Å². The number of carbonyl (C=O) groups excluding carboxylic acids is 1. The van der Waals surface area contributed by atoms with E-state index < -0.39 is 0 Å². The van der Waals surface area contributed by atoms with Gasteiger partial charge in [-0.1, -0.05) is 0 Å². The van der Waals surface area contributed by atoms with Gasteiger partial charge in [-0.15, -0.1) is 12.4 Å². The number of aryl methyl sites for hydroxylation is 1. The molecule has 5 heteroatoms. The Balaban J connectivity index is 0.00000144. The van der Waals surface area contributed by atoms with Crippen LogP contribution in [0.15, 0.2) is 10.8 Å². The number of thiophene rings is 1. The summed E-state index contributed by atoms with van der Waals surface area (Å²) < 4.78 is 0. The lowest BCUT2D eigenvalue weighted by molar-refractivity contribution is 0.0737. The van der Waals surface area contributed by atoms with E-state index in [-0.39, 0.29) is 18.3 Å². The maximum Gasteiger partial charge on any atom is 0.255 e. The summed E-state index contributed by atoms with van der Waals surface area (Å²) in [6.45, 7) is 3.81. The highest BCUT2D eigenvalue weighted by Gasteiger charge is 2.29. The largest absolute Gasteiger partial charge is 0.334 e. The lowest BCUT2D eigenvalue weighted by Gasteiger charge is -2.24. The van der Waals surface area contributed by atoms with E-state index in [2.05, 4.69) is 5.32 Å². The molecule has 1 aromatic rings. The maximum absolute atomic E-state index is 12.3. The standard InChI is InChI=1S/C12H18N2OS.ClH/c1-9-7-16-8-11(9)12(15)14-5-3-4-10(14)6-13-2;/h7-8,10,13H,3-6H2,1-2H3;1H. The summed E-state index contributed by atoms with van der Waals surface area (Å²) in [4.78, 5) is 14.3. The molecular weight excluding hydrogens is 256 g/mol. The smallest absolute Gasteiger partial charge is 0.255 e. The van der Waals surface area contributed by atoms with Gasteiger partial charge in [0.05, 0.1) is 5.56 Å². The molecule has 1 atom stereocenters. The van der Waals surface area contributed by atoms with Crippen LogP contribution in [0.2, 0.25) is 0 Å². The molecule has 1 aliphatic rings. The minimum absolute atomic E-state index is 0. The third-order valence-electron chi connectivity index (χ3n) is 3.16. The van der Waals surface area contributed by atoms with Gasteiger partial charge in [0.15, 0.2) is 0 Å². The van der Waals surface area contributed by atoms with Crippen LogP contribution in [0.3, 0.4) is 0 Å². The predicted octanol–water partition coefficient (Wildman–Crippen LogP) is 2.30. The molecule has 3 nitrogen and oxygen atoms in total. The summed E-state index contributed by atoms with van der Waals surface area (Å²) in [5.41, 5.74) is 1.98. The van der Waals surface area contributed by atoms with Crippen molar-refractivity contribution in [1.82, 2.24) is 10.2 Å². The summed E-state index contributed by atoms with van der Waals surface area (Å²) in [5, 5.41) is 7.17. The van der Waals surface area contributed by atoms with Crippen LogP contribution in [0.25, 0.3) is 0 Å². The first kappa shape index (κ1) is 14.5. The van der Waals surface area contributed by atoms with Gasteiger partial charge in [0, 0.05) is 24.5 Å². The molecule has 1 fully saturated rings. The van der Waals surface area contributed by atoms with Crippen LogP contribution < -0.4 is 5.32 Å². The number of nitrogens with one attached hydrogen (secondary N) is 1. The minimum Gasteiger partial charge on any atom is -0.334 e. The van der Waals surface area contributed by atoms with Gasteiger partial charge in [-0.25, -0.2) is 0 Å². The van der Waals surface area contributed by atoms with E-state index in [1.807, 2.05) is 29.6 Å². The Bertz CT molecular complexity index is 380. The second-order valence-electron chi connectivity index (χ2n) is 4.32. The highest BCUT2D eigenvalue weighted by atomic mass is 35.5. The van der Waals surface area contributed by atoms with Gasteiger partial charge in [-0.05, 0) is 37.8 Å². The van der Waals surface area contributed by atoms with Crippen molar-refractivity contribution in [2.45, 2.75) is 25.8 Å². The Labute approximate surface area is 113 Å². The molecule has 2 heterocycles. The number of amides is 1. The van der Waals surface area contributed by atoms with Crippen molar-refractivity contribution in [2.75, 3.05) is 20.1 Å². The first-order valence-corrected chi connectivity index (χ1v) is 6.66. The Morgan fingerprint density at radius 1 is 1.59 bits per heavy atom. The van der Waals surface area contributed by atoms with Gasteiger partial charge in [0.1, 0.15) is 0 Å². The monoisotopic (exact) mass is 274 g/mol. The number of likely N-dealkylation sites (N-methyl/N-ethyl adjacent to an activating group) is 1. The van der Waals surface area contributed by atoms with Crippen molar-refractivity contribution in [3.05, 3.63) is 21.9 Å². The molecule has 96 valence electrons. The fourth-order valence-electron chi connectivity index (χ4n) is 2.29. The van der Waals surface area contributed by atoms with Crippen LogP contribution in [0.1, 0.15) is 28.8 Å². The zero-order chi connectivity index (χ0) is 11.5. The van der Waals surface area contributed by atoms with Crippen LogP contribution in [-0.2, 0) is 0 Å². The molecule has 0 saturated carbocycles. The molecule has 1 aliphatic heterocycles. The third-order valence-corrected chi connectivity index (χ3v) is 4.03. The zero-order valence-electron chi connectivity index (χ0n) is 10.2. The van der Waals surface area contributed by atoms with E-state index in [0.29, 0.717) is 6.04 Å². The van der Waals surface area contributed by atoms with E-state index in [0.717, 1.165) is 37.1 Å². The topological polar surface area (TPSA) is 32.3 Å². The van der Waals surface area contributed by atoms with Gasteiger partial charge >= 0.3 is 0 Å². The van der Waals surface area contributed by atoms with Gasteiger partial charge < -0.3 is 10.2 Å². The highest BCUT2D eigenvalue weighted by Crippen LogP contribution is 2.22. The van der Waals surface area contributed by atoms with Crippen molar-refractivity contribution in [2.24, 2.45) is 0 Å². The summed E-state index contributed by atoms with van der Waals surface area (Å²) in [6, 6.07) is 0.372. The Morgan fingerprint density at radius 3 is 2.94 bits per heavy atom. The van der Waals surface area contributed by atoms with Gasteiger partial charge in [0.25, 0.3) is 5.91 Å². The van der Waals surface area contributed by atoms with Crippen LogP contribution in [0.4, 0.5) is 0 Å². The molecule has 1 saturated heterocycles. The summed E-state index contributed by atoms with van der Waals surface area (Å²) >= 11 is 1.60. The number of halogens is 1. The van der Waals surface area contributed by atoms with Crippen molar-refractivity contribution >= 4 is 29.7 Å². The average Bonchev–Trinajstić information content (AvgIpc) is 2.87. The molecule has 1 N–H and O–H groups in total.